The summed E-state index contributed by atoms with van der Waals surface area (Å²) in [6.07, 6.45) is 2.03. The van der Waals surface area contributed by atoms with Crippen molar-refractivity contribution in [3.05, 3.63) is 29.8 Å². The highest BCUT2D eigenvalue weighted by Gasteiger charge is 2.29. The molecule has 0 bridgehead atoms. The van der Waals surface area contributed by atoms with Crippen LogP contribution >= 0.6 is 0 Å². The predicted octanol–water partition coefficient (Wildman–Crippen LogP) is 2.51. The second-order valence-corrected chi connectivity index (χ2v) is 6.87. The van der Waals surface area contributed by atoms with Crippen LogP contribution in [0.5, 0.6) is 5.75 Å². The monoisotopic (exact) mass is 349 g/mol. The summed E-state index contributed by atoms with van der Waals surface area (Å²) in [5.41, 5.74) is 1.12. The topological polar surface area (TPSA) is 54.0 Å². The molecule has 3 atom stereocenters. The number of carbonyl (C=O) groups excluding carboxylic acids is 1. The minimum atomic E-state index is -0.00296. The summed E-state index contributed by atoms with van der Waals surface area (Å²) in [5, 5.41) is 3.10. The van der Waals surface area contributed by atoms with Crippen LogP contribution in [0.1, 0.15) is 31.4 Å². The Labute approximate surface area is 151 Å². The highest BCUT2D eigenvalue weighted by atomic mass is 16.5. The van der Waals surface area contributed by atoms with E-state index in [0.29, 0.717) is 6.54 Å². The van der Waals surface area contributed by atoms with Crippen LogP contribution in [0.2, 0.25) is 0 Å². The van der Waals surface area contributed by atoms with Gasteiger partial charge in [-0.05, 0) is 51.6 Å². The van der Waals surface area contributed by atoms with E-state index in [0.717, 1.165) is 30.7 Å². The van der Waals surface area contributed by atoms with Gasteiger partial charge in [-0.3, -0.25) is 0 Å². The number of hydrogen-bond donors (Lipinski definition) is 1. The standard InChI is InChI=1S/C19H31N3O3/c1-14-11-17(25-5)9-10-22(14)19(23)20-13-18(21(2)3)15-7-6-8-16(12-15)24-4/h6-8,12,14,17-18H,9-11,13H2,1-5H3,(H,20,23). The molecule has 1 N–H and O–H groups in total. The summed E-state index contributed by atoms with van der Waals surface area (Å²) in [4.78, 5) is 16.6. The van der Waals surface area contributed by atoms with E-state index >= 15 is 0 Å². The molecule has 3 unspecified atom stereocenters. The van der Waals surface area contributed by atoms with Crippen LogP contribution in [-0.2, 0) is 4.74 Å². The molecule has 1 aromatic carbocycles. The summed E-state index contributed by atoms with van der Waals surface area (Å²) in [7, 11) is 7.44. The van der Waals surface area contributed by atoms with Crippen LogP contribution in [-0.4, -0.2) is 69.4 Å². The number of methoxy groups -OCH3 is 2. The van der Waals surface area contributed by atoms with Gasteiger partial charge in [-0.15, -0.1) is 0 Å². The lowest BCUT2D eigenvalue weighted by atomic mass is 10.0. The molecule has 1 aliphatic heterocycles. The predicted molar refractivity (Wildman–Crippen MR) is 99.0 cm³/mol. The van der Waals surface area contributed by atoms with Gasteiger partial charge in [0.25, 0.3) is 0 Å². The molecule has 1 heterocycles. The number of likely N-dealkylation sites (tertiary alicyclic amines) is 1. The molecule has 25 heavy (non-hydrogen) atoms. The second-order valence-electron chi connectivity index (χ2n) is 6.87. The molecule has 1 saturated heterocycles. The molecule has 140 valence electrons. The lowest BCUT2D eigenvalue weighted by Gasteiger charge is -2.37. The van der Waals surface area contributed by atoms with Crippen LogP contribution in [0.25, 0.3) is 0 Å². The van der Waals surface area contributed by atoms with Gasteiger partial charge >= 0.3 is 6.03 Å². The van der Waals surface area contributed by atoms with Crippen molar-refractivity contribution in [2.24, 2.45) is 0 Å². The van der Waals surface area contributed by atoms with Crippen molar-refractivity contribution in [3.63, 3.8) is 0 Å². The Kier molecular flexibility index (Phi) is 7.08. The maximum absolute atomic E-state index is 12.6. The number of likely N-dealkylation sites (N-methyl/N-ethyl adjacent to an activating group) is 1. The average Bonchev–Trinajstić information content (AvgIpc) is 2.61. The molecule has 0 saturated carbocycles. The number of nitrogens with one attached hydrogen (secondary N) is 1. The Morgan fingerprint density at radius 3 is 2.76 bits per heavy atom. The highest BCUT2D eigenvalue weighted by molar-refractivity contribution is 5.74. The van der Waals surface area contributed by atoms with Gasteiger partial charge in [0.15, 0.2) is 0 Å². The zero-order chi connectivity index (χ0) is 18.4. The van der Waals surface area contributed by atoms with Gasteiger partial charge in [-0.2, -0.15) is 0 Å². The third kappa shape index (κ3) is 5.09. The number of hydrogen-bond acceptors (Lipinski definition) is 4. The first-order valence-corrected chi connectivity index (χ1v) is 8.84. The summed E-state index contributed by atoms with van der Waals surface area (Å²) in [6, 6.07) is 8.26. The van der Waals surface area contributed by atoms with Crippen LogP contribution in [0.3, 0.4) is 0 Å². The molecule has 0 spiro atoms. The van der Waals surface area contributed by atoms with Crippen LogP contribution < -0.4 is 10.1 Å². The summed E-state index contributed by atoms with van der Waals surface area (Å²) in [6.45, 7) is 3.36. The molecule has 0 aliphatic carbocycles. The van der Waals surface area contributed by atoms with Crippen molar-refractivity contribution < 1.29 is 14.3 Å². The number of ether oxygens (including phenoxy) is 2. The summed E-state index contributed by atoms with van der Waals surface area (Å²) >= 11 is 0. The zero-order valence-electron chi connectivity index (χ0n) is 16.0. The molecule has 2 amide bonds. The van der Waals surface area contributed by atoms with Crippen LogP contribution in [0, 0.1) is 0 Å². The lowest BCUT2D eigenvalue weighted by Crippen LogP contribution is -2.51. The number of urea groups is 1. The molecule has 6 heteroatoms. The Balaban J connectivity index is 1.97. The van der Waals surface area contributed by atoms with Gasteiger partial charge in [0.1, 0.15) is 5.75 Å². The minimum Gasteiger partial charge on any atom is -0.497 e. The number of benzene rings is 1. The van der Waals surface area contributed by atoms with Gasteiger partial charge < -0.3 is 24.6 Å². The summed E-state index contributed by atoms with van der Waals surface area (Å²) < 4.78 is 10.7. The van der Waals surface area contributed by atoms with Gasteiger partial charge in [-0.1, -0.05) is 12.1 Å². The van der Waals surface area contributed by atoms with E-state index in [4.69, 9.17) is 9.47 Å². The molecular weight excluding hydrogens is 318 g/mol. The van der Waals surface area contributed by atoms with Gasteiger partial charge in [-0.25, -0.2) is 4.79 Å². The molecular formula is C19H31N3O3. The van der Waals surface area contributed by atoms with Crippen molar-refractivity contribution in [3.8, 4) is 5.75 Å². The fourth-order valence-corrected chi connectivity index (χ4v) is 3.38. The minimum absolute atomic E-state index is 0.00296. The van der Waals surface area contributed by atoms with E-state index in [1.165, 1.54) is 0 Å². The Morgan fingerprint density at radius 1 is 1.40 bits per heavy atom. The molecule has 1 aliphatic rings. The van der Waals surface area contributed by atoms with Gasteiger partial charge in [0.2, 0.25) is 0 Å². The lowest BCUT2D eigenvalue weighted by molar-refractivity contribution is 0.0291. The first-order valence-electron chi connectivity index (χ1n) is 8.84. The van der Waals surface area contributed by atoms with E-state index < -0.39 is 0 Å². The van der Waals surface area contributed by atoms with Crippen molar-refractivity contribution in [1.29, 1.82) is 0 Å². The Morgan fingerprint density at radius 2 is 2.16 bits per heavy atom. The van der Waals surface area contributed by atoms with Crippen LogP contribution in [0.4, 0.5) is 4.79 Å². The molecule has 1 aromatic rings. The van der Waals surface area contributed by atoms with Crippen molar-refractivity contribution in [2.75, 3.05) is 41.4 Å². The van der Waals surface area contributed by atoms with Crippen molar-refractivity contribution in [2.45, 2.75) is 38.0 Å². The third-order valence-corrected chi connectivity index (χ3v) is 4.97. The number of nitrogens with zero attached hydrogens (tertiary/aromatic N) is 2. The van der Waals surface area contributed by atoms with E-state index in [9.17, 15) is 4.79 Å². The Bertz CT molecular complexity index is 565. The molecule has 6 nitrogen and oxygen atoms in total. The SMILES string of the molecule is COc1cccc(C(CNC(=O)N2CCC(OC)CC2C)N(C)C)c1. The normalized spacial score (nSPS) is 21.9. The van der Waals surface area contributed by atoms with E-state index in [1.54, 1.807) is 14.2 Å². The number of amides is 2. The second kappa shape index (κ2) is 9.06. The van der Waals surface area contributed by atoms with E-state index in [1.807, 2.05) is 37.2 Å². The van der Waals surface area contributed by atoms with Gasteiger partial charge in [0, 0.05) is 26.2 Å². The maximum atomic E-state index is 12.6. The quantitative estimate of drug-likeness (QED) is 0.857. The third-order valence-electron chi connectivity index (χ3n) is 4.97. The van der Waals surface area contributed by atoms with Crippen molar-refractivity contribution in [1.82, 2.24) is 15.1 Å². The Hall–Kier alpha value is -1.79. The molecule has 2 rings (SSSR count). The maximum Gasteiger partial charge on any atom is 0.317 e. The van der Waals surface area contributed by atoms with Crippen LogP contribution in [0.15, 0.2) is 24.3 Å². The largest absolute Gasteiger partial charge is 0.497 e. The number of rotatable bonds is 6. The summed E-state index contributed by atoms with van der Waals surface area (Å²) in [5.74, 6) is 0.825. The first kappa shape index (κ1) is 19.5. The highest BCUT2D eigenvalue weighted by Crippen LogP contribution is 2.23. The number of carbonyl (C=O) groups is 1. The smallest absolute Gasteiger partial charge is 0.317 e. The van der Waals surface area contributed by atoms with Crippen molar-refractivity contribution >= 4 is 6.03 Å². The van der Waals surface area contributed by atoms with E-state index in [-0.39, 0.29) is 24.2 Å². The molecule has 1 fully saturated rings. The molecule has 0 aromatic heterocycles. The number of piperidine rings is 1. The zero-order valence-corrected chi connectivity index (χ0v) is 16.0. The fourth-order valence-electron chi connectivity index (χ4n) is 3.38. The fraction of sp³-hybridized carbons (Fsp3) is 0.632. The molecule has 0 radical (unpaired) electrons. The average molecular weight is 349 g/mol. The van der Waals surface area contributed by atoms with E-state index in [2.05, 4.69) is 23.2 Å². The van der Waals surface area contributed by atoms with Gasteiger partial charge in [0.05, 0.1) is 19.3 Å². The first-order chi connectivity index (χ1) is 12.0.